The fraction of sp³-hybridized carbons (Fsp3) is 0.647. The largest absolute Gasteiger partial charge is 0.315 e. The monoisotopic (exact) mass is 281 g/mol. The standard InChI is InChI=1S/C17H28ClN/c1-13(2)19-10-8-6-5-7-9-16-11-14(3)15(4)12-17(16)18/h11-13,19H,5-10H2,1-4H3. The van der Waals surface area contributed by atoms with Crippen LogP contribution in [0.3, 0.4) is 0 Å². The molecule has 0 radical (unpaired) electrons. The minimum absolute atomic E-state index is 0.606. The summed E-state index contributed by atoms with van der Waals surface area (Å²) in [5.74, 6) is 0. The van der Waals surface area contributed by atoms with E-state index in [2.05, 4.69) is 45.1 Å². The third-order valence-electron chi connectivity index (χ3n) is 3.59. The fourth-order valence-electron chi connectivity index (χ4n) is 2.22. The first-order valence-corrected chi connectivity index (χ1v) is 7.87. The second kappa shape index (κ2) is 8.60. The fourth-order valence-corrected chi connectivity index (χ4v) is 2.53. The van der Waals surface area contributed by atoms with Crippen LogP contribution in [0.4, 0.5) is 0 Å². The van der Waals surface area contributed by atoms with E-state index in [0.717, 1.165) is 18.0 Å². The minimum atomic E-state index is 0.606. The van der Waals surface area contributed by atoms with Gasteiger partial charge in [0.05, 0.1) is 0 Å². The molecule has 0 spiro atoms. The summed E-state index contributed by atoms with van der Waals surface area (Å²) < 4.78 is 0. The quantitative estimate of drug-likeness (QED) is 0.657. The number of rotatable bonds is 8. The van der Waals surface area contributed by atoms with Crippen LogP contribution in [0.15, 0.2) is 12.1 Å². The van der Waals surface area contributed by atoms with E-state index in [-0.39, 0.29) is 0 Å². The lowest BCUT2D eigenvalue weighted by Crippen LogP contribution is -2.23. The van der Waals surface area contributed by atoms with E-state index in [1.54, 1.807) is 0 Å². The number of unbranched alkanes of at least 4 members (excludes halogenated alkanes) is 3. The van der Waals surface area contributed by atoms with E-state index >= 15 is 0 Å². The first-order chi connectivity index (χ1) is 9.00. The van der Waals surface area contributed by atoms with E-state index in [1.165, 1.54) is 42.4 Å². The van der Waals surface area contributed by atoms with Gasteiger partial charge >= 0.3 is 0 Å². The van der Waals surface area contributed by atoms with Gasteiger partial charge in [-0.2, -0.15) is 0 Å². The Kier molecular flexibility index (Phi) is 7.48. The molecule has 19 heavy (non-hydrogen) atoms. The zero-order valence-corrected chi connectivity index (χ0v) is 13.6. The predicted octanol–water partition coefficient (Wildman–Crippen LogP) is 5.06. The molecule has 1 N–H and O–H groups in total. The van der Waals surface area contributed by atoms with Crippen molar-refractivity contribution in [1.82, 2.24) is 5.32 Å². The van der Waals surface area contributed by atoms with E-state index in [1.807, 2.05) is 0 Å². The smallest absolute Gasteiger partial charge is 0.0440 e. The third-order valence-corrected chi connectivity index (χ3v) is 3.94. The second-order valence-corrected chi connectivity index (χ2v) is 6.21. The Labute approximate surface area is 123 Å². The van der Waals surface area contributed by atoms with E-state index in [4.69, 9.17) is 11.6 Å². The van der Waals surface area contributed by atoms with Crippen LogP contribution in [-0.4, -0.2) is 12.6 Å². The maximum Gasteiger partial charge on any atom is 0.0440 e. The first-order valence-electron chi connectivity index (χ1n) is 7.49. The second-order valence-electron chi connectivity index (χ2n) is 5.80. The molecule has 0 unspecified atom stereocenters. The molecule has 0 saturated heterocycles. The molecule has 0 aliphatic heterocycles. The van der Waals surface area contributed by atoms with Crippen LogP contribution in [0, 0.1) is 13.8 Å². The summed E-state index contributed by atoms with van der Waals surface area (Å²) in [6.07, 6.45) is 6.23. The van der Waals surface area contributed by atoms with Gasteiger partial charge in [-0.1, -0.05) is 44.4 Å². The Morgan fingerprint density at radius 2 is 1.63 bits per heavy atom. The lowest BCUT2D eigenvalue weighted by atomic mass is 10.0. The molecule has 0 amide bonds. The topological polar surface area (TPSA) is 12.0 Å². The number of halogens is 1. The van der Waals surface area contributed by atoms with Gasteiger partial charge in [0.15, 0.2) is 0 Å². The third kappa shape index (κ3) is 6.44. The van der Waals surface area contributed by atoms with Crippen molar-refractivity contribution in [1.29, 1.82) is 0 Å². The van der Waals surface area contributed by atoms with E-state index < -0.39 is 0 Å². The molecule has 0 saturated carbocycles. The SMILES string of the molecule is Cc1cc(Cl)c(CCCCCCNC(C)C)cc1C. The van der Waals surface area contributed by atoms with Gasteiger partial charge in [0.25, 0.3) is 0 Å². The average molecular weight is 282 g/mol. The van der Waals surface area contributed by atoms with Gasteiger partial charge in [-0.25, -0.2) is 0 Å². The van der Waals surface area contributed by atoms with Crippen molar-refractivity contribution >= 4 is 11.6 Å². The zero-order chi connectivity index (χ0) is 14.3. The lowest BCUT2D eigenvalue weighted by Gasteiger charge is -2.09. The highest BCUT2D eigenvalue weighted by Gasteiger charge is 2.03. The van der Waals surface area contributed by atoms with Gasteiger partial charge in [0.2, 0.25) is 0 Å². The highest BCUT2D eigenvalue weighted by Crippen LogP contribution is 2.22. The molecule has 0 bridgehead atoms. The normalized spacial score (nSPS) is 11.3. The molecule has 2 heteroatoms. The van der Waals surface area contributed by atoms with Crippen LogP contribution in [0.5, 0.6) is 0 Å². The van der Waals surface area contributed by atoms with Crippen LogP contribution in [-0.2, 0) is 6.42 Å². The number of hydrogen-bond donors (Lipinski definition) is 1. The molecule has 0 aliphatic rings. The molecule has 0 fully saturated rings. The summed E-state index contributed by atoms with van der Waals surface area (Å²) >= 11 is 6.29. The van der Waals surface area contributed by atoms with Crippen LogP contribution in [0.1, 0.15) is 56.2 Å². The summed E-state index contributed by atoms with van der Waals surface area (Å²) in [4.78, 5) is 0. The summed E-state index contributed by atoms with van der Waals surface area (Å²) in [5, 5.41) is 4.39. The van der Waals surface area contributed by atoms with Crippen molar-refractivity contribution in [3.63, 3.8) is 0 Å². The lowest BCUT2D eigenvalue weighted by molar-refractivity contribution is 0.542. The van der Waals surface area contributed by atoms with Crippen LogP contribution in [0.25, 0.3) is 0 Å². The minimum Gasteiger partial charge on any atom is -0.315 e. The zero-order valence-electron chi connectivity index (χ0n) is 12.9. The Hall–Kier alpha value is -0.530. The van der Waals surface area contributed by atoms with Crippen LogP contribution in [0.2, 0.25) is 5.02 Å². The summed E-state index contributed by atoms with van der Waals surface area (Å²) in [7, 11) is 0. The van der Waals surface area contributed by atoms with Gasteiger partial charge in [0, 0.05) is 11.1 Å². The summed E-state index contributed by atoms with van der Waals surface area (Å²) in [6.45, 7) is 9.81. The Bertz CT molecular complexity index is 385. The highest BCUT2D eigenvalue weighted by molar-refractivity contribution is 6.31. The summed E-state index contributed by atoms with van der Waals surface area (Å²) in [5.41, 5.74) is 3.94. The molecular formula is C17H28ClN. The van der Waals surface area contributed by atoms with Gasteiger partial charge in [-0.05, 0) is 62.4 Å². The Morgan fingerprint density at radius 3 is 2.32 bits per heavy atom. The van der Waals surface area contributed by atoms with Crippen molar-refractivity contribution in [3.8, 4) is 0 Å². The molecule has 0 heterocycles. The van der Waals surface area contributed by atoms with Gasteiger partial charge in [0.1, 0.15) is 0 Å². The number of benzene rings is 1. The predicted molar refractivity (Wildman–Crippen MR) is 86.2 cm³/mol. The van der Waals surface area contributed by atoms with Crippen molar-refractivity contribution in [3.05, 3.63) is 33.8 Å². The Morgan fingerprint density at radius 1 is 1.00 bits per heavy atom. The molecule has 1 nitrogen and oxygen atoms in total. The van der Waals surface area contributed by atoms with Crippen LogP contribution < -0.4 is 5.32 Å². The van der Waals surface area contributed by atoms with Crippen molar-refractivity contribution in [2.75, 3.05) is 6.54 Å². The Balaban J connectivity index is 2.21. The van der Waals surface area contributed by atoms with E-state index in [9.17, 15) is 0 Å². The highest BCUT2D eigenvalue weighted by atomic mass is 35.5. The van der Waals surface area contributed by atoms with Crippen molar-refractivity contribution < 1.29 is 0 Å². The molecule has 1 aromatic rings. The average Bonchev–Trinajstić information content (AvgIpc) is 2.33. The molecule has 0 aliphatic carbocycles. The molecule has 0 atom stereocenters. The molecule has 0 aromatic heterocycles. The van der Waals surface area contributed by atoms with Gasteiger partial charge in [-0.15, -0.1) is 0 Å². The number of hydrogen-bond acceptors (Lipinski definition) is 1. The number of aryl methyl sites for hydroxylation is 3. The van der Waals surface area contributed by atoms with Crippen molar-refractivity contribution in [2.24, 2.45) is 0 Å². The maximum absolute atomic E-state index is 6.29. The van der Waals surface area contributed by atoms with E-state index in [0.29, 0.717) is 6.04 Å². The molecule has 1 aromatic carbocycles. The molecular weight excluding hydrogens is 254 g/mol. The van der Waals surface area contributed by atoms with Crippen molar-refractivity contribution in [2.45, 2.75) is 65.8 Å². The molecule has 1 rings (SSSR count). The maximum atomic E-state index is 6.29. The van der Waals surface area contributed by atoms with Crippen LogP contribution >= 0.6 is 11.6 Å². The molecule has 108 valence electrons. The van der Waals surface area contributed by atoms with Gasteiger partial charge < -0.3 is 5.32 Å². The summed E-state index contributed by atoms with van der Waals surface area (Å²) in [6, 6.07) is 4.95. The van der Waals surface area contributed by atoms with Gasteiger partial charge in [-0.3, -0.25) is 0 Å². The first kappa shape index (κ1) is 16.5. The number of nitrogens with one attached hydrogen (secondary N) is 1.